The molecule has 1 aromatic carbocycles. The Labute approximate surface area is 133 Å². The van der Waals surface area contributed by atoms with Crippen molar-refractivity contribution in [1.82, 2.24) is 10.0 Å². The molecule has 4 nitrogen and oxygen atoms in total. The normalized spacial score (nSPS) is 13.6. The molecule has 1 unspecified atom stereocenters. The van der Waals surface area contributed by atoms with Crippen molar-refractivity contribution < 1.29 is 8.42 Å². The van der Waals surface area contributed by atoms with Crippen LogP contribution >= 0.6 is 11.8 Å². The molecule has 21 heavy (non-hydrogen) atoms. The van der Waals surface area contributed by atoms with Crippen LogP contribution < -0.4 is 10.0 Å². The fraction of sp³-hybridized carbons (Fsp3) is 0.600. The lowest BCUT2D eigenvalue weighted by molar-refractivity contribution is 0.555. The Kier molecular flexibility index (Phi) is 7.73. The van der Waals surface area contributed by atoms with E-state index in [2.05, 4.69) is 10.0 Å². The van der Waals surface area contributed by atoms with Gasteiger partial charge in [-0.25, -0.2) is 13.1 Å². The number of rotatable bonds is 9. The van der Waals surface area contributed by atoms with E-state index < -0.39 is 10.0 Å². The van der Waals surface area contributed by atoms with Gasteiger partial charge in [-0.15, -0.1) is 0 Å². The quantitative estimate of drug-likeness (QED) is 0.730. The van der Waals surface area contributed by atoms with E-state index in [0.717, 1.165) is 11.3 Å². The molecule has 0 aliphatic rings. The highest BCUT2D eigenvalue weighted by Crippen LogP contribution is 2.16. The van der Waals surface area contributed by atoms with Crippen molar-refractivity contribution in [3.8, 4) is 0 Å². The summed E-state index contributed by atoms with van der Waals surface area (Å²) >= 11 is 1.73. The predicted molar refractivity (Wildman–Crippen MR) is 91.2 cm³/mol. The van der Waals surface area contributed by atoms with Gasteiger partial charge in [-0.2, -0.15) is 11.8 Å². The molecule has 0 spiro atoms. The van der Waals surface area contributed by atoms with Gasteiger partial charge in [0.2, 0.25) is 10.0 Å². The van der Waals surface area contributed by atoms with Crippen LogP contribution in [0, 0.1) is 5.92 Å². The zero-order valence-corrected chi connectivity index (χ0v) is 14.9. The number of thioether (sulfide) groups is 1. The predicted octanol–water partition coefficient (Wildman–Crippen LogP) is 2.46. The molecule has 2 N–H and O–H groups in total. The second-order valence-electron chi connectivity index (χ2n) is 5.56. The molecule has 0 saturated heterocycles. The molecule has 0 fully saturated rings. The van der Waals surface area contributed by atoms with E-state index in [4.69, 9.17) is 0 Å². The maximum absolute atomic E-state index is 12.5. The zero-order valence-electron chi connectivity index (χ0n) is 13.2. The fourth-order valence-electron chi connectivity index (χ4n) is 1.90. The van der Waals surface area contributed by atoms with Crippen molar-refractivity contribution in [2.45, 2.75) is 38.3 Å². The van der Waals surface area contributed by atoms with Gasteiger partial charge in [0, 0.05) is 19.1 Å². The molecule has 1 rings (SSSR count). The lowest BCUT2D eigenvalue weighted by atomic mass is 10.2. The minimum Gasteiger partial charge on any atom is -0.310 e. The van der Waals surface area contributed by atoms with Crippen LogP contribution in [0.3, 0.4) is 0 Å². The van der Waals surface area contributed by atoms with Crippen molar-refractivity contribution in [1.29, 1.82) is 0 Å². The van der Waals surface area contributed by atoms with E-state index >= 15 is 0 Å². The Bertz CT molecular complexity index is 530. The van der Waals surface area contributed by atoms with E-state index in [1.807, 2.05) is 39.2 Å². The molecule has 0 aliphatic heterocycles. The first kappa shape index (κ1) is 18.5. The molecule has 0 radical (unpaired) electrons. The molecule has 1 atom stereocenters. The Morgan fingerprint density at radius 2 is 1.86 bits per heavy atom. The third kappa shape index (κ3) is 6.38. The smallest absolute Gasteiger partial charge is 0.240 e. The van der Waals surface area contributed by atoms with Gasteiger partial charge in [-0.05, 0) is 29.6 Å². The van der Waals surface area contributed by atoms with Crippen LogP contribution in [0.5, 0.6) is 0 Å². The SMILES string of the molecule is CSCC(C)CNS(=O)(=O)c1ccccc1CNC(C)C. The first-order valence-corrected chi connectivity index (χ1v) is 10.0. The Morgan fingerprint density at radius 3 is 2.48 bits per heavy atom. The van der Waals surface area contributed by atoms with Gasteiger partial charge in [0.05, 0.1) is 4.90 Å². The molecule has 0 aromatic heterocycles. The molecule has 6 heteroatoms. The minimum atomic E-state index is -3.45. The van der Waals surface area contributed by atoms with E-state index in [-0.39, 0.29) is 0 Å². The van der Waals surface area contributed by atoms with E-state index in [9.17, 15) is 8.42 Å². The highest BCUT2D eigenvalue weighted by molar-refractivity contribution is 7.98. The van der Waals surface area contributed by atoms with Crippen LogP contribution in [0.25, 0.3) is 0 Å². The second-order valence-corrected chi connectivity index (χ2v) is 8.20. The Hall–Kier alpha value is -0.560. The summed E-state index contributed by atoms with van der Waals surface area (Å²) in [5.74, 6) is 1.26. The van der Waals surface area contributed by atoms with E-state index in [1.165, 1.54) is 0 Å². The topological polar surface area (TPSA) is 58.2 Å². The van der Waals surface area contributed by atoms with Gasteiger partial charge in [0.15, 0.2) is 0 Å². The molecule has 0 heterocycles. The van der Waals surface area contributed by atoms with Crippen LogP contribution in [0.15, 0.2) is 29.2 Å². The first-order valence-electron chi connectivity index (χ1n) is 7.16. The van der Waals surface area contributed by atoms with Crippen LogP contribution in [-0.4, -0.2) is 33.0 Å². The summed E-state index contributed by atoms with van der Waals surface area (Å²) in [5, 5.41) is 3.26. The van der Waals surface area contributed by atoms with Crippen molar-refractivity contribution in [3.05, 3.63) is 29.8 Å². The summed E-state index contributed by atoms with van der Waals surface area (Å²) in [7, 11) is -3.45. The molecule has 0 aliphatic carbocycles. The number of hydrogen-bond donors (Lipinski definition) is 2. The van der Waals surface area contributed by atoms with Gasteiger partial charge in [0.1, 0.15) is 0 Å². The summed E-state index contributed by atoms with van der Waals surface area (Å²) < 4.78 is 27.6. The third-order valence-electron chi connectivity index (χ3n) is 3.04. The lowest BCUT2D eigenvalue weighted by Gasteiger charge is -2.15. The van der Waals surface area contributed by atoms with Crippen molar-refractivity contribution in [2.75, 3.05) is 18.6 Å². The highest BCUT2D eigenvalue weighted by Gasteiger charge is 2.18. The fourth-order valence-corrected chi connectivity index (χ4v) is 3.99. The molecule has 0 amide bonds. The number of sulfonamides is 1. The van der Waals surface area contributed by atoms with Gasteiger partial charge < -0.3 is 5.32 Å². The van der Waals surface area contributed by atoms with E-state index in [1.54, 1.807) is 23.9 Å². The minimum absolute atomic E-state index is 0.315. The standard InChI is InChI=1S/C15H26N2O2S2/c1-12(2)16-10-14-7-5-6-8-15(14)21(18,19)17-9-13(3)11-20-4/h5-8,12-13,16-17H,9-11H2,1-4H3. The number of hydrogen-bond acceptors (Lipinski definition) is 4. The molecule has 1 aromatic rings. The average Bonchev–Trinajstić information content (AvgIpc) is 2.44. The molecular weight excluding hydrogens is 304 g/mol. The molecule has 0 saturated carbocycles. The average molecular weight is 331 g/mol. The summed E-state index contributed by atoms with van der Waals surface area (Å²) in [6, 6.07) is 7.47. The monoisotopic (exact) mass is 330 g/mol. The Balaban J connectivity index is 2.82. The van der Waals surface area contributed by atoms with Gasteiger partial charge >= 0.3 is 0 Å². The van der Waals surface area contributed by atoms with Gasteiger partial charge in [-0.1, -0.05) is 39.0 Å². The lowest BCUT2D eigenvalue weighted by Crippen LogP contribution is -2.31. The van der Waals surface area contributed by atoms with E-state index in [0.29, 0.717) is 29.9 Å². The largest absolute Gasteiger partial charge is 0.310 e. The first-order chi connectivity index (χ1) is 9.86. The summed E-state index contributed by atoms with van der Waals surface area (Å²) in [6.07, 6.45) is 2.03. The van der Waals surface area contributed by atoms with Crippen molar-refractivity contribution >= 4 is 21.8 Å². The Morgan fingerprint density at radius 1 is 1.19 bits per heavy atom. The number of nitrogens with one attached hydrogen (secondary N) is 2. The number of benzene rings is 1. The molecule has 120 valence electrons. The molecule has 0 bridgehead atoms. The van der Waals surface area contributed by atoms with Crippen LogP contribution in [0.4, 0.5) is 0 Å². The van der Waals surface area contributed by atoms with Crippen LogP contribution in [0.1, 0.15) is 26.3 Å². The zero-order chi connectivity index (χ0) is 15.9. The second kappa shape index (κ2) is 8.78. The third-order valence-corrected chi connectivity index (χ3v) is 5.46. The van der Waals surface area contributed by atoms with Crippen molar-refractivity contribution in [2.24, 2.45) is 5.92 Å². The molecular formula is C15H26N2O2S2. The van der Waals surface area contributed by atoms with Gasteiger partial charge in [-0.3, -0.25) is 0 Å². The van der Waals surface area contributed by atoms with Crippen LogP contribution in [0.2, 0.25) is 0 Å². The summed E-state index contributed by atoms with van der Waals surface area (Å²) in [6.45, 7) is 7.15. The highest BCUT2D eigenvalue weighted by atomic mass is 32.2. The van der Waals surface area contributed by atoms with Crippen molar-refractivity contribution in [3.63, 3.8) is 0 Å². The van der Waals surface area contributed by atoms with Crippen LogP contribution in [-0.2, 0) is 16.6 Å². The maximum Gasteiger partial charge on any atom is 0.240 e. The van der Waals surface area contributed by atoms with Gasteiger partial charge in [0.25, 0.3) is 0 Å². The summed E-state index contributed by atoms with van der Waals surface area (Å²) in [5.41, 5.74) is 0.802. The summed E-state index contributed by atoms with van der Waals surface area (Å²) in [4.78, 5) is 0.370. The maximum atomic E-state index is 12.5.